The summed E-state index contributed by atoms with van der Waals surface area (Å²) < 4.78 is 30.7. The maximum atomic E-state index is 12.4. The quantitative estimate of drug-likeness (QED) is 0.163. The smallest absolute Gasteiger partial charge is 0.331 e. The number of hydrogen-bond donors (Lipinski definition) is 0. The van der Waals surface area contributed by atoms with Gasteiger partial charge in [-0.1, -0.05) is 66.7 Å². The average Bonchev–Trinajstić information content (AvgIpc) is 3.28. The molecule has 4 rings (SSSR count). The van der Waals surface area contributed by atoms with E-state index in [4.69, 9.17) is 23.1 Å². The predicted molar refractivity (Wildman–Crippen MR) is 199 cm³/mol. The van der Waals surface area contributed by atoms with Crippen LogP contribution in [-0.4, -0.2) is 60.0 Å². The molecular weight excluding hydrogens is 653 g/mol. The summed E-state index contributed by atoms with van der Waals surface area (Å²) in [6.07, 6.45) is 6.98. The Labute approximate surface area is 298 Å². The van der Waals surface area contributed by atoms with Gasteiger partial charge in [-0.25, -0.2) is 9.59 Å². The molecule has 8 nitrogen and oxygen atoms in total. The van der Waals surface area contributed by atoms with Crippen molar-refractivity contribution in [2.24, 2.45) is 5.41 Å². The predicted octanol–water partition coefficient (Wildman–Crippen LogP) is 9.17. The summed E-state index contributed by atoms with van der Waals surface area (Å²) in [4.78, 5) is 37.0. The van der Waals surface area contributed by atoms with E-state index >= 15 is 0 Å². The van der Waals surface area contributed by atoms with Crippen molar-refractivity contribution >= 4 is 34.5 Å². The summed E-state index contributed by atoms with van der Waals surface area (Å²) in [5, 5.41) is 0.105. The number of fused-ring (bicyclic) bond motifs is 14. The molecule has 1 aromatic rings. The third-order valence-corrected chi connectivity index (χ3v) is 20.7. The summed E-state index contributed by atoms with van der Waals surface area (Å²) >= 11 is 0. The molecule has 49 heavy (non-hydrogen) atoms. The Hall–Kier alpha value is -2.28. The van der Waals surface area contributed by atoms with Gasteiger partial charge in [0.25, 0.3) is 0 Å². The second-order valence-corrected chi connectivity index (χ2v) is 27.0. The van der Waals surface area contributed by atoms with Crippen LogP contribution in [0.15, 0.2) is 30.4 Å². The van der Waals surface area contributed by atoms with Gasteiger partial charge >= 0.3 is 17.9 Å². The standard InChI is InChI=1S/C39H64O8Si2/c1-28(40)46-34-19-18-33-32-17-16-29(25-30(32)27-45-48(9,10)37(2,3)4)26-31(47-49(11,12)38(5,6)7)15-13-23-43-35(41)20-21-36(42)44-24-14-22-39(33,34)8/h16-17,20-21,25,31,33-34H,13-15,18-19,22-24,26-27H2,1-12H3/b21-20-/t31-,33-,34-,39-/m0/s1. The van der Waals surface area contributed by atoms with E-state index in [1.165, 1.54) is 23.6 Å². The molecule has 4 atom stereocenters. The van der Waals surface area contributed by atoms with Crippen molar-refractivity contribution in [3.63, 3.8) is 0 Å². The van der Waals surface area contributed by atoms with Crippen LogP contribution in [0.2, 0.25) is 36.3 Å². The molecule has 0 radical (unpaired) electrons. The highest BCUT2D eigenvalue weighted by Crippen LogP contribution is 2.54. The molecule has 0 unspecified atom stereocenters. The molecule has 0 aromatic heterocycles. The molecule has 0 spiro atoms. The van der Waals surface area contributed by atoms with Gasteiger partial charge in [-0.05, 0) is 104 Å². The third-order valence-electron chi connectivity index (χ3n) is 11.6. The maximum Gasteiger partial charge on any atom is 0.331 e. The van der Waals surface area contributed by atoms with Crippen LogP contribution in [0.5, 0.6) is 0 Å². The van der Waals surface area contributed by atoms with Crippen molar-refractivity contribution in [2.75, 3.05) is 13.2 Å². The SMILES string of the molecule is CC(=O)O[C@H]1CC[C@H]2c3ccc(cc3CO[Si](C)(C)C(C)(C)C)C[C@@H](O[Si](C)(C)C(C)(C)C)CCCOC(=O)/C=C\C(=O)OCCC[C@]12C. The number of carbonyl (C=O) groups excluding carboxylic acids is 3. The van der Waals surface area contributed by atoms with Crippen molar-refractivity contribution in [2.45, 2.75) is 161 Å². The van der Waals surface area contributed by atoms with Crippen molar-refractivity contribution < 1.29 is 37.4 Å². The highest BCUT2D eigenvalue weighted by atomic mass is 28.4. The summed E-state index contributed by atoms with van der Waals surface area (Å²) in [6.45, 7) is 27.3. The van der Waals surface area contributed by atoms with Crippen LogP contribution in [0.1, 0.15) is 117 Å². The van der Waals surface area contributed by atoms with Gasteiger partial charge < -0.3 is 23.1 Å². The van der Waals surface area contributed by atoms with Gasteiger partial charge in [-0.2, -0.15) is 0 Å². The van der Waals surface area contributed by atoms with Crippen LogP contribution in [0.25, 0.3) is 0 Å². The fourth-order valence-corrected chi connectivity index (χ4v) is 8.91. The van der Waals surface area contributed by atoms with E-state index in [2.05, 4.69) is 92.9 Å². The van der Waals surface area contributed by atoms with E-state index in [0.29, 0.717) is 25.9 Å². The fourth-order valence-electron chi connectivity index (χ4n) is 6.57. The van der Waals surface area contributed by atoms with Crippen LogP contribution >= 0.6 is 0 Å². The Morgan fingerprint density at radius 3 is 2.04 bits per heavy atom. The molecule has 10 heteroatoms. The first kappa shape index (κ1) is 41.1. The molecule has 2 bridgehead atoms. The normalized spacial score (nSPS) is 26.0. The first-order chi connectivity index (χ1) is 22.6. The lowest BCUT2D eigenvalue weighted by molar-refractivity contribution is -0.152. The van der Waals surface area contributed by atoms with E-state index in [-0.39, 0.29) is 52.8 Å². The van der Waals surface area contributed by atoms with Gasteiger partial charge in [0.15, 0.2) is 16.6 Å². The molecule has 1 fully saturated rings. The minimum atomic E-state index is -2.11. The number of rotatable bonds is 6. The number of ether oxygens (including phenoxy) is 3. The monoisotopic (exact) mass is 716 g/mol. The number of esters is 3. The summed E-state index contributed by atoms with van der Waals surface area (Å²) in [6, 6.07) is 6.82. The minimum absolute atomic E-state index is 0.0412. The fraction of sp³-hybridized carbons (Fsp3) is 0.718. The number of carbonyl (C=O) groups is 3. The Morgan fingerprint density at radius 2 is 1.47 bits per heavy atom. The topological polar surface area (TPSA) is 97.4 Å². The second kappa shape index (κ2) is 16.4. The average molecular weight is 717 g/mol. The largest absolute Gasteiger partial charge is 0.463 e. The van der Waals surface area contributed by atoms with Gasteiger partial charge in [0.2, 0.25) is 0 Å². The van der Waals surface area contributed by atoms with Crippen LogP contribution in [-0.2, 0) is 50.5 Å². The number of benzene rings is 1. The lowest BCUT2D eigenvalue weighted by Gasteiger charge is -2.40. The molecule has 1 aliphatic carbocycles. The van der Waals surface area contributed by atoms with Gasteiger partial charge in [0, 0.05) is 30.6 Å². The zero-order valence-corrected chi connectivity index (χ0v) is 34.5. The van der Waals surface area contributed by atoms with Crippen molar-refractivity contribution in [3.05, 3.63) is 47.0 Å². The van der Waals surface area contributed by atoms with E-state index in [9.17, 15) is 14.4 Å². The van der Waals surface area contributed by atoms with E-state index in [1.807, 2.05) is 0 Å². The summed E-state index contributed by atoms with van der Waals surface area (Å²) in [5.41, 5.74) is 3.23. The van der Waals surface area contributed by atoms with Crippen molar-refractivity contribution in [3.8, 4) is 0 Å². The van der Waals surface area contributed by atoms with E-state index in [1.54, 1.807) is 0 Å². The van der Waals surface area contributed by atoms with Crippen LogP contribution in [0, 0.1) is 5.41 Å². The Bertz CT molecular complexity index is 1340. The van der Waals surface area contributed by atoms with Crippen molar-refractivity contribution in [1.29, 1.82) is 0 Å². The van der Waals surface area contributed by atoms with E-state index < -0.39 is 28.6 Å². The maximum absolute atomic E-state index is 12.4. The van der Waals surface area contributed by atoms with Gasteiger partial charge in [0.1, 0.15) is 6.10 Å². The molecule has 1 aromatic carbocycles. The van der Waals surface area contributed by atoms with Crippen LogP contribution in [0.3, 0.4) is 0 Å². The molecule has 276 valence electrons. The molecule has 0 amide bonds. The molecule has 3 aliphatic rings. The molecule has 0 saturated heterocycles. The summed E-state index contributed by atoms with van der Waals surface area (Å²) in [5.74, 6) is -1.31. The Morgan fingerprint density at radius 1 is 0.878 bits per heavy atom. The zero-order chi connectivity index (χ0) is 36.8. The van der Waals surface area contributed by atoms with Crippen LogP contribution < -0.4 is 0 Å². The van der Waals surface area contributed by atoms with Gasteiger partial charge in [-0.3, -0.25) is 4.79 Å². The highest BCUT2D eigenvalue weighted by molar-refractivity contribution is 6.74. The molecule has 2 heterocycles. The van der Waals surface area contributed by atoms with Crippen molar-refractivity contribution in [1.82, 2.24) is 0 Å². The third kappa shape index (κ3) is 11.1. The summed E-state index contributed by atoms with van der Waals surface area (Å²) in [7, 11) is -4.18. The zero-order valence-electron chi connectivity index (χ0n) is 32.5. The highest BCUT2D eigenvalue weighted by Gasteiger charge is 2.49. The lowest BCUT2D eigenvalue weighted by Crippen LogP contribution is -2.44. The first-order valence-electron chi connectivity index (χ1n) is 18.2. The first-order valence-corrected chi connectivity index (χ1v) is 24.0. The Balaban J connectivity index is 2.10. The number of hydrogen-bond acceptors (Lipinski definition) is 8. The molecular formula is C39H64O8Si2. The second-order valence-electron chi connectivity index (χ2n) is 17.4. The molecule has 0 N–H and O–H groups in total. The van der Waals surface area contributed by atoms with Gasteiger partial charge in [0.05, 0.1) is 19.8 Å². The van der Waals surface area contributed by atoms with Crippen LogP contribution in [0.4, 0.5) is 0 Å². The lowest BCUT2D eigenvalue weighted by atomic mass is 9.70. The minimum Gasteiger partial charge on any atom is -0.463 e. The Kier molecular flexibility index (Phi) is 13.8. The van der Waals surface area contributed by atoms with Gasteiger partial charge in [-0.15, -0.1) is 0 Å². The van der Waals surface area contributed by atoms with E-state index in [0.717, 1.165) is 37.8 Å². The molecule has 2 aliphatic heterocycles. The molecule has 1 saturated carbocycles.